The Hall–Kier alpha value is -1.04. The fourth-order valence-electron chi connectivity index (χ4n) is 0.641. The normalized spacial score (nSPS) is 11.9. The maximum atomic E-state index is 12.7. The highest BCUT2D eigenvalue weighted by Gasteiger charge is 2.33. The van der Waals surface area contributed by atoms with Crippen LogP contribution in [0, 0.1) is 0 Å². The standard InChI is InChI=1S/C5H7F2N3O/c6-5(7,1-2-11)4-8-3-9-10-4/h3,11H,1-2H2,(H,8,9,10). The average Bonchev–Trinajstić information content (AvgIpc) is 2.37. The van der Waals surface area contributed by atoms with Gasteiger partial charge in [-0.25, -0.2) is 4.98 Å². The van der Waals surface area contributed by atoms with Crippen molar-refractivity contribution in [3.05, 3.63) is 12.2 Å². The molecule has 0 aliphatic carbocycles. The van der Waals surface area contributed by atoms with Gasteiger partial charge in [-0.05, 0) is 0 Å². The molecule has 1 aromatic rings. The van der Waals surface area contributed by atoms with Crippen LogP contribution in [0.4, 0.5) is 8.78 Å². The first-order valence-electron chi connectivity index (χ1n) is 3.01. The highest BCUT2D eigenvalue weighted by molar-refractivity contribution is 4.92. The number of aliphatic hydroxyl groups is 1. The fourth-order valence-corrected chi connectivity index (χ4v) is 0.641. The quantitative estimate of drug-likeness (QED) is 0.672. The number of halogens is 2. The van der Waals surface area contributed by atoms with E-state index in [0.29, 0.717) is 0 Å². The van der Waals surface area contributed by atoms with E-state index in [-0.39, 0.29) is 0 Å². The molecule has 2 N–H and O–H groups in total. The van der Waals surface area contributed by atoms with Gasteiger partial charge in [0.2, 0.25) is 0 Å². The number of aliphatic hydroxyl groups excluding tert-OH is 1. The van der Waals surface area contributed by atoms with Crippen molar-refractivity contribution >= 4 is 0 Å². The van der Waals surface area contributed by atoms with E-state index in [1.165, 1.54) is 0 Å². The lowest BCUT2D eigenvalue weighted by atomic mass is 10.2. The van der Waals surface area contributed by atoms with Crippen LogP contribution in [0.25, 0.3) is 0 Å². The van der Waals surface area contributed by atoms with Gasteiger partial charge in [-0.15, -0.1) is 0 Å². The van der Waals surface area contributed by atoms with Crippen LogP contribution in [0.3, 0.4) is 0 Å². The average molecular weight is 163 g/mol. The number of hydrogen-bond acceptors (Lipinski definition) is 3. The lowest BCUT2D eigenvalue weighted by Crippen LogP contribution is -2.17. The molecule has 1 aromatic heterocycles. The molecule has 0 aliphatic heterocycles. The third kappa shape index (κ3) is 1.70. The maximum absolute atomic E-state index is 12.7. The van der Waals surface area contributed by atoms with Crippen molar-refractivity contribution in [3.8, 4) is 0 Å². The van der Waals surface area contributed by atoms with Crippen LogP contribution >= 0.6 is 0 Å². The molecular formula is C5H7F2N3O. The largest absolute Gasteiger partial charge is 0.396 e. The first kappa shape index (κ1) is 8.06. The minimum atomic E-state index is -3.11. The Balaban J connectivity index is 2.73. The van der Waals surface area contributed by atoms with Gasteiger partial charge in [-0.2, -0.15) is 13.9 Å². The van der Waals surface area contributed by atoms with Crippen LogP contribution in [-0.2, 0) is 5.92 Å². The van der Waals surface area contributed by atoms with E-state index in [0.717, 1.165) is 6.33 Å². The number of alkyl halides is 2. The minimum absolute atomic E-state index is 0.508. The second kappa shape index (κ2) is 2.91. The van der Waals surface area contributed by atoms with Gasteiger partial charge >= 0.3 is 5.92 Å². The molecule has 0 saturated carbocycles. The van der Waals surface area contributed by atoms with Gasteiger partial charge in [0.1, 0.15) is 6.33 Å². The van der Waals surface area contributed by atoms with Crippen molar-refractivity contribution < 1.29 is 13.9 Å². The van der Waals surface area contributed by atoms with Gasteiger partial charge in [0.25, 0.3) is 0 Å². The Bertz CT molecular complexity index is 212. The second-order valence-electron chi connectivity index (χ2n) is 2.01. The van der Waals surface area contributed by atoms with Crippen LogP contribution in [0.1, 0.15) is 12.2 Å². The number of H-pyrrole nitrogens is 1. The van der Waals surface area contributed by atoms with Crippen molar-refractivity contribution in [2.45, 2.75) is 12.3 Å². The zero-order valence-electron chi connectivity index (χ0n) is 5.59. The van der Waals surface area contributed by atoms with Crippen LogP contribution in [0.5, 0.6) is 0 Å². The second-order valence-corrected chi connectivity index (χ2v) is 2.01. The lowest BCUT2D eigenvalue weighted by molar-refractivity contribution is -0.0350. The molecule has 0 unspecified atom stereocenters. The molecule has 0 saturated heterocycles. The Morgan fingerprint density at radius 3 is 2.82 bits per heavy atom. The molecule has 0 radical (unpaired) electrons. The third-order valence-electron chi connectivity index (χ3n) is 1.19. The van der Waals surface area contributed by atoms with Gasteiger partial charge in [-0.3, -0.25) is 5.10 Å². The zero-order valence-corrected chi connectivity index (χ0v) is 5.59. The summed E-state index contributed by atoms with van der Waals surface area (Å²) >= 11 is 0. The summed E-state index contributed by atoms with van der Waals surface area (Å²) in [5, 5.41) is 13.6. The van der Waals surface area contributed by atoms with Crippen molar-refractivity contribution in [3.63, 3.8) is 0 Å². The smallest absolute Gasteiger partial charge is 0.308 e. The molecule has 4 nitrogen and oxygen atoms in total. The van der Waals surface area contributed by atoms with Crippen molar-refractivity contribution in [1.82, 2.24) is 15.2 Å². The summed E-state index contributed by atoms with van der Waals surface area (Å²) < 4.78 is 25.4. The monoisotopic (exact) mass is 163 g/mol. The summed E-state index contributed by atoms with van der Waals surface area (Å²) in [5.41, 5.74) is 0. The Morgan fingerprint density at radius 1 is 1.64 bits per heavy atom. The molecule has 0 atom stereocenters. The van der Waals surface area contributed by atoms with E-state index >= 15 is 0 Å². The van der Waals surface area contributed by atoms with E-state index in [1.807, 2.05) is 5.10 Å². The topological polar surface area (TPSA) is 61.8 Å². The molecular weight excluding hydrogens is 156 g/mol. The summed E-state index contributed by atoms with van der Waals surface area (Å²) in [4.78, 5) is 3.28. The highest BCUT2D eigenvalue weighted by atomic mass is 19.3. The molecule has 62 valence electrons. The maximum Gasteiger partial charge on any atom is 0.308 e. The van der Waals surface area contributed by atoms with E-state index in [4.69, 9.17) is 5.11 Å². The lowest BCUT2D eigenvalue weighted by Gasteiger charge is -2.09. The molecule has 1 rings (SSSR count). The Kier molecular flexibility index (Phi) is 2.13. The molecule has 1 heterocycles. The summed E-state index contributed by atoms with van der Waals surface area (Å²) in [7, 11) is 0. The minimum Gasteiger partial charge on any atom is -0.396 e. The number of aromatic nitrogens is 3. The van der Waals surface area contributed by atoms with Gasteiger partial charge < -0.3 is 5.11 Å². The summed E-state index contributed by atoms with van der Waals surface area (Å²) in [5.74, 6) is -3.61. The van der Waals surface area contributed by atoms with Gasteiger partial charge in [-0.1, -0.05) is 0 Å². The van der Waals surface area contributed by atoms with E-state index in [2.05, 4.69) is 10.1 Å². The predicted octanol–water partition coefficient (Wildman–Crippen LogP) is 0.279. The first-order chi connectivity index (χ1) is 5.17. The SMILES string of the molecule is OCCC(F)(F)c1ncn[nH]1. The predicted molar refractivity (Wildman–Crippen MR) is 32.0 cm³/mol. The van der Waals surface area contributed by atoms with Crippen LogP contribution in [0.2, 0.25) is 0 Å². The number of rotatable bonds is 3. The molecule has 11 heavy (non-hydrogen) atoms. The number of hydrogen-bond donors (Lipinski definition) is 2. The van der Waals surface area contributed by atoms with Crippen molar-refractivity contribution in [1.29, 1.82) is 0 Å². The van der Waals surface area contributed by atoms with E-state index in [9.17, 15) is 8.78 Å². The first-order valence-corrected chi connectivity index (χ1v) is 3.01. The van der Waals surface area contributed by atoms with E-state index < -0.39 is 24.8 Å². The molecule has 0 aliphatic rings. The number of nitrogens with one attached hydrogen (secondary N) is 1. The molecule has 6 heteroatoms. The Labute approximate surface area is 61.3 Å². The molecule has 0 aromatic carbocycles. The number of aromatic amines is 1. The summed E-state index contributed by atoms with van der Waals surface area (Å²) in [6.07, 6.45) is 0.364. The zero-order chi connectivity index (χ0) is 8.32. The third-order valence-corrected chi connectivity index (χ3v) is 1.19. The molecule has 0 bridgehead atoms. The van der Waals surface area contributed by atoms with Gasteiger partial charge in [0, 0.05) is 13.0 Å². The fraction of sp³-hybridized carbons (Fsp3) is 0.600. The van der Waals surface area contributed by atoms with Crippen LogP contribution in [-0.4, -0.2) is 26.9 Å². The van der Waals surface area contributed by atoms with Crippen LogP contribution < -0.4 is 0 Å². The summed E-state index contributed by atoms with van der Waals surface area (Å²) in [6, 6.07) is 0. The molecule has 0 fully saturated rings. The molecule has 0 spiro atoms. The summed E-state index contributed by atoms with van der Waals surface area (Å²) in [6.45, 7) is -0.576. The molecule has 0 amide bonds. The van der Waals surface area contributed by atoms with Crippen molar-refractivity contribution in [2.24, 2.45) is 0 Å². The number of nitrogens with zero attached hydrogens (tertiary/aromatic N) is 2. The van der Waals surface area contributed by atoms with Gasteiger partial charge in [0.15, 0.2) is 5.82 Å². The van der Waals surface area contributed by atoms with E-state index in [1.54, 1.807) is 0 Å². The van der Waals surface area contributed by atoms with Gasteiger partial charge in [0.05, 0.1) is 0 Å². The van der Waals surface area contributed by atoms with Crippen LogP contribution in [0.15, 0.2) is 6.33 Å². The highest BCUT2D eigenvalue weighted by Crippen LogP contribution is 2.27. The van der Waals surface area contributed by atoms with Crippen molar-refractivity contribution in [2.75, 3.05) is 6.61 Å². The Morgan fingerprint density at radius 2 is 2.36 bits per heavy atom.